The van der Waals surface area contributed by atoms with Crippen molar-refractivity contribution in [3.05, 3.63) is 87.0 Å². The van der Waals surface area contributed by atoms with Crippen LogP contribution in [0.5, 0.6) is 0 Å². The number of aromatic nitrogens is 2. The fourth-order valence-electron chi connectivity index (χ4n) is 2.74. The highest BCUT2D eigenvalue weighted by Crippen LogP contribution is 2.17. The summed E-state index contributed by atoms with van der Waals surface area (Å²) in [5.74, 6) is -0.515. The summed E-state index contributed by atoms with van der Waals surface area (Å²) in [6.45, 7) is 1.97. The van der Waals surface area contributed by atoms with Crippen molar-refractivity contribution in [2.75, 3.05) is 0 Å². The van der Waals surface area contributed by atoms with Gasteiger partial charge in [-0.1, -0.05) is 42.8 Å². The van der Waals surface area contributed by atoms with Gasteiger partial charge in [0.1, 0.15) is 18.2 Å². The first kappa shape index (κ1) is 19.8. The minimum atomic E-state index is -0.438. The summed E-state index contributed by atoms with van der Waals surface area (Å²) in [6, 6.07) is 14.3. The first-order valence-corrected chi connectivity index (χ1v) is 9.22. The molecular weight excluding hydrogens is 381 g/mol. The van der Waals surface area contributed by atoms with E-state index in [-0.39, 0.29) is 23.8 Å². The third-order valence-corrected chi connectivity index (χ3v) is 4.46. The smallest absolute Gasteiger partial charge is 0.254 e. The molecule has 0 radical (unpaired) electrons. The summed E-state index contributed by atoms with van der Waals surface area (Å²) in [5.41, 5.74) is 1.56. The van der Waals surface area contributed by atoms with E-state index in [0.717, 1.165) is 5.56 Å². The Kier molecular flexibility index (Phi) is 6.21. The molecule has 2 aromatic carbocycles. The number of halogens is 2. The summed E-state index contributed by atoms with van der Waals surface area (Å²) in [7, 11) is 0. The fourth-order valence-corrected chi connectivity index (χ4v) is 2.86. The number of aryl methyl sites for hydroxylation is 1. The molecule has 0 saturated heterocycles. The molecule has 1 heterocycles. The van der Waals surface area contributed by atoms with Crippen LogP contribution in [-0.4, -0.2) is 15.5 Å². The molecule has 7 heteroatoms. The minimum absolute atomic E-state index is 0.213. The van der Waals surface area contributed by atoms with E-state index in [2.05, 4.69) is 10.3 Å². The van der Waals surface area contributed by atoms with Gasteiger partial charge in [0.2, 0.25) is 5.91 Å². The summed E-state index contributed by atoms with van der Waals surface area (Å²) < 4.78 is 14.9. The van der Waals surface area contributed by atoms with E-state index in [9.17, 15) is 14.0 Å². The van der Waals surface area contributed by atoms with Crippen LogP contribution in [0.4, 0.5) is 4.39 Å². The molecule has 0 aliphatic heterocycles. The topological polar surface area (TPSA) is 64.0 Å². The minimum Gasteiger partial charge on any atom is -0.350 e. The second kappa shape index (κ2) is 8.80. The number of carbonyl (C=O) groups is 1. The van der Waals surface area contributed by atoms with Gasteiger partial charge in [0, 0.05) is 28.9 Å². The van der Waals surface area contributed by atoms with Crippen molar-refractivity contribution in [1.29, 1.82) is 0 Å². The Morgan fingerprint density at radius 3 is 2.61 bits per heavy atom. The van der Waals surface area contributed by atoms with Gasteiger partial charge in [-0.25, -0.2) is 9.37 Å². The van der Waals surface area contributed by atoms with Gasteiger partial charge in [-0.2, -0.15) is 0 Å². The van der Waals surface area contributed by atoms with Gasteiger partial charge in [-0.3, -0.25) is 14.2 Å². The third kappa shape index (κ3) is 4.84. The number of rotatable bonds is 6. The molecule has 1 aromatic heterocycles. The molecule has 1 N–H and O–H groups in total. The summed E-state index contributed by atoms with van der Waals surface area (Å²) in [5, 5.41) is 3.38. The van der Waals surface area contributed by atoms with Crippen molar-refractivity contribution in [1.82, 2.24) is 14.9 Å². The molecule has 0 atom stereocenters. The van der Waals surface area contributed by atoms with Crippen LogP contribution in [0.15, 0.2) is 59.4 Å². The van der Waals surface area contributed by atoms with Crippen LogP contribution in [0.3, 0.4) is 0 Å². The molecule has 0 saturated carbocycles. The molecule has 3 aromatic rings. The molecule has 0 spiro atoms. The fraction of sp³-hybridized carbons (Fsp3) is 0.190. The van der Waals surface area contributed by atoms with Gasteiger partial charge in [-0.15, -0.1) is 0 Å². The van der Waals surface area contributed by atoms with Crippen molar-refractivity contribution in [2.24, 2.45) is 0 Å². The number of amides is 1. The standard InChI is InChI=1S/C21H19ClFN3O2/c1-2-18-11-20(28)26(21(25-18)15-4-3-5-17(23)10-15)13-19(27)24-12-14-6-8-16(22)9-7-14/h3-11H,2,12-13H2,1H3,(H,24,27). The van der Waals surface area contributed by atoms with E-state index < -0.39 is 5.82 Å². The van der Waals surface area contributed by atoms with E-state index in [1.807, 2.05) is 19.1 Å². The number of hydrogen-bond donors (Lipinski definition) is 1. The Labute approximate surface area is 166 Å². The van der Waals surface area contributed by atoms with Crippen molar-refractivity contribution < 1.29 is 9.18 Å². The number of benzene rings is 2. The molecule has 144 valence electrons. The Balaban J connectivity index is 1.85. The monoisotopic (exact) mass is 399 g/mol. The molecule has 0 aliphatic rings. The van der Waals surface area contributed by atoms with Crippen LogP contribution in [0.1, 0.15) is 18.2 Å². The molecule has 0 fully saturated rings. The van der Waals surface area contributed by atoms with Gasteiger partial charge in [0.25, 0.3) is 5.56 Å². The lowest BCUT2D eigenvalue weighted by Crippen LogP contribution is -2.33. The zero-order valence-electron chi connectivity index (χ0n) is 15.3. The quantitative estimate of drug-likeness (QED) is 0.689. The molecule has 0 aliphatic carbocycles. The number of hydrogen-bond acceptors (Lipinski definition) is 3. The van der Waals surface area contributed by atoms with Crippen molar-refractivity contribution in [3.63, 3.8) is 0 Å². The maximum atomic E-state index is 13.7. The zero-order chi connectivity index (χ0) is 20.1. The predicted octanol–water partition coefficient (Wildman–Crippen LogP) is 3.58. The van der Waals surface area contributed by atoms with Crippen molar-refractivity contribution >= 4 is 17.5 Å². The van der Waals surface area contributed by atoms with Gasteiger partial charge in [-0.05, 0) is 36.2 Å². The van der Waals surface area contributed by atoms with Gasteiger partial charge >= 0.3 is 0 Å². The lowest BCUT2D eigenvalue weighted by Gasteiger charge is -2.14. The van der Waals surface area contributed by atoms with Crippen LogP contribution in [-0.2, 0) is 24.3 Å². The van der Waals surface area contributed by atoms with Gasteiger partial charge < -0.3 is 5.32 Å². The normalized spacial score (nSPS) is 10.7. The summed E-state index contributed by atoms with van der Waals surface area (Å²) in [6.07, 6.45) is 0.557. The van der Waals surface area contributed by atoms with E-state index in [0.29, 0.717) is 29.2 Å². The summed E-state index contributed by atoms with van der Waals surface area (Å²) >= 11 is 5.85. The van der Waals surface area contributed by atoms with Crippen molar-refractivity contribution in [2.45, 2.75) is 26.4 Å². The average molecular weight is 400 g/mol. The molecule has 1 amide bonds. The third-order valence-electron chi connectivity index (χ3n) is 4.21. The first-order chi connectivity index (χ1) is 13.5. The molecule has 0 bridgehead atoms. The second-order valence-corrected chi connectivity index (χ2v) is 6.70. The highest BCUT2D eigenvalue weighted by atomic mass is 35.5. The molecule has 3 rings (SSSR count). The number of nitrogens with one attached hydrogen (secondary N) is 1. The van der Waals surface area contributed by atoms with Gasteiger partial charge in [0.15, 0.2) is 0 Å². The van der Waals surface area contributed by atoms with E-state index in [4.69, 9.17) is 11.6 Å². The second-order valence-electron chi connectivity index (χ2n) is 6.26. The van der Waals surface area contributed by atoms with Crippen LogP contribution in [0.2, 0.25) is 5.02 Å². The highest BCUT2D eigenvalue weighted by Gasteiger charge is 2.14. The largest absolute Gasteiger partial charge is 0.350 e. The maximum absolute atomic E-state index is 13.7. The van der Waals surface area contributed by atoms with E-state index in [1.54, 1.807) is 24.3 Å². The Morgan fingerprint density at radius 1 is 1.18 bits per heavy atom. The molecule has 5 nitrogen and oxygen atoms in total. The predicted molar refractivity (Wildman–Crippen MR) is 107 cm³/mol. The maximum Gasteiger partial charge on any atom is 0.254 e. The lowest BCUT2D eigenvalue weighted by molar-refractivity contribution is -0.121. The highest BCUT2D eigenvalue weighted by molar-refractivity contribution is 6.30. The van der Waals surface area contributed by atoms with Crippen LogP contribution in [0.25, 0.3) is 11.4 Å². The average Bonchev–Trinajstić information content (AvgIpc) is 2.69. The van der Waals surface area contributed by atoms with Crippen LogP contribution in [0, 0.1) is 5.82 Å². The number of carbonyl (C=O) groups excluding carboxylic acids is 1. The Bertz CT molecular complexity index is 1050. The van der Waals surface area contributed by atoms with Crippen LogP contribution < -0.4 is 10.9 Å². The van der Waals surface area contributed by atoms with Gasteiger partial charge in [0.05, 0.1) is 0 Å². The Hall–Kier alpha value is -2.99. The van der Waals surface area contributed by atoms with Crippen LogP contribution >= 0.6 is 11.6 Å². The zero-order valence-corrected chi connectivity index (χ0v) is 16.0. The van der Waals surface area contributed by atoms with E-state index in [1.165, 1.54) is 22.8 Å². The molecule has 28 heavy (non-hydrogen) atoms. The Morgan fingerprint density at radius 2 is 1.93 bits per heavy atom. The molecule has 0 unspecified atom stereocenters. The lowest BCUT2D eigenvalue weighted by atomic mass is 10.2. The first-order valence-electron chi connectivity index (χ1n) is 8.84. The SMILES string of the molecule is CCc1cc(=O)n(CC(=O)NCc2ccc(Cl)cc2)c(-c2cccc(F)c2)n1. The van der Waals surface area contributed by atoms with E-state index >= 15 is 0 Å². The summed E-state index contributed by atoms with van der Waals surface area (Å²) in [4.78, 5) is 29.4. The molecular formula is C21H19ClFN3O2. The number of nitrogens with zero attached hydrogens (tertiary/aromatic N) is 2. The van der Waals surface area contributed by atoms with Crippen molar-refractivity contribution in [3.8, 4) is 11.4 Å².